The van der Waals surface area contributed by atoms with E-state index in [9.17, 15) is 4.79 Å². The van der Waals surface area contributed by atoms with Crippen LogP contribution in [0.2, 0.25) is 10.0 Å². The molecule has 0 N–H and O–H groups in total. The minimum Gasteiger partial charge on any atom is -0.299 e. The van der Waals surface area contributed by atoms with E-state index < -0.39 is 0 Å². The van der Waals surface area contributed by atoms with Crippen molar-refractivity contribution in [1.82, 2.24) is 0 Å². The van der Waals surface area contributed by atoms with Gasteiger partial charge in [-0.3, -0.25) is 4.79 Å². The van der Waals surface area contributed by atoms with Crippen LogP contribution in [0.5, 0.6) is 0 Å². The molecule has 0 aliphatic carbocycles. The molecule has 0 aromatic heterocycles. The highest BCUT2D eigenvalue weighted by Crippen LogP contribution is 2.26. The average Bonchev–Trinajstić information content (AvgIpc) is 2.45. The zero-order valence-corrected chi connectivity index (χ0v) is 12.8. The number of Topliss-reactive ketones (excluding diaryl/α,β-unsaturated/α-hetero) is 1. The Bertz CT molecular complexity index is 593. The second kappa shape index (κ2) is 6.92. The zero-order valence-electron chi connectivity index (χ0n) is 11.3. The summed E-state index contributed by atoms with van der Waals surface area (Å²) in [6.45, 7) is 2.02. The van der Waals surface area contributed by atoms with Gasteiger partial charge in [-0.15, -0.1) is 0 Å². The number of hydrogen-bond donors (Lipinski definition) is 0. The summed E-state index contributed by atoms with van der Waals surface area (Å²) in [5.74, 6) is 0.0779. The maximum atomic E-state index is 12.5. The van der Waals surface area contributed by atoms with Crippen molar-refractivity contribution in [2.24, 2.45) is 0 Å². The van der Waals surface area contributed by atoms with E-state index >= 15 is 0 Å². The van der Waals surface area contributed by atoms with Crippen LogP contribution >= 0.6 is 23.2 Å². The Morgan fingerprint density at radius 3 is 2.45 bits per heavy atom. The van der Waals surface area contributed by atoms with Crippen LogP contribution in [0.1, 0.15) is 30.4 Å². The molecule has 0 fully saturated rings. The fourth-order valence-corrected chi connectivity index (χ4v) is 2.70. The molecule has 2 aromatic carbocycles. The van der Waals surface area contributed by atoms with Crippen molar-refractivity contribution in [3.63, 3.8) is 0 Å². The average molecular weight is 307 g/mol. The van der Waals surface area contributed by atoms with Crippen LogP contribution < -0.4 is 0 Å². The molecule has 1 nitrogen and oxygen atoms in total. The third kappa shape index (κ3) is 3.62. The summed E-state index contributed by atoms with van der Waals surface area (Å²) in [7, 11) is 0. The van der Waals surface area contributed by atoms with Gasteiger partial charge in [0.05, 0.1) is 0 Å². The first kappa shape index (κ1) is 15.1. The van der Waals surface area contributed by atoms with Crippen LogP contribution in [0.4, 0.5) is 0 Å². The molecule has 0 aliphatic heterocycles. The van der Waals surface area contributed by atoms with Gasteiger partial charge in [-0.05, 0) is 35.7 Å². The van der Waals surface area contributed by atoms with E-state index in [4.69, 9.17) is 23.2 Å². The molecular formula is C17H16Cl2O. The number of carbonyl (C=O) groups excluding carboxylic acids is 1. The zero-order chi connectivity index (χ0) is 14.5. The first-order valence-electron chi connectivity index (χ1n) is 6.63. The molecule has 0 amide bonds. The van der Waals surface area contributed by atoms with Crippen molar-refractivity contribution in [2.75, 3.05) is 0 Å². The first-order chi connectivity index (χ1) is 9.61. The normalized spacial score (nSPS) is 12.2. The summed E-state index contributed by atoms with van der Waals surface area (Å²) in [5.41, 5.74) is 1.84. The summed E-state index contributed by atoms with van der Waals surface area (Å²) in [6, 6.07) is 15.1. The van der Waals surface area contributed by atoms with E-state index in [2.05, 4.69) is 0 Å². The van der Waals surface area contributed by atoms with Gasteiger partial charge in [-0.1, -0.05) is 60.5 Å². The van der Waals surface area contributed by atoms with Crippen LogP contribution in [-0.4, -0.2) is 5.78 Å². The lowest BCUT2D eigenvalue weighted by Crippen LogP contribution is -2.14. The van der Waals surface area contributed by atoms with E-state index in [1.807, 2.05) is 37.3 Å². The summed E-state index contributed by atoms with van der Waals surface area (Å²) < 4.78 is 0. The predicted octanol–water partition coefficient (Wildman–Crippen LogP) is 5.30. The molecule has 0 aliphatic rings. The maximum Gasteiger partial charge on any atom is 0.144 e. The molecule has 20 heavy (non-hydrogen) atoms. The molecule has 2 rings (SSSR count). The van der Waals surface area contributed by atoms with Crippen LogP contribution in [0.15, 0.2) is 48.5 Å². The molecule has 0 saturated heterocycles. The van der Waals surface area contributed by atoms with Crippen LogP contribution in [0, 0.1) is 0 Å². The Morgan fingerprint density at radius 2 is 1.80 bits per heavy atom. The Morgan fingerprint density at radius 1 is 1.10 bits per heavy atom. The van der Waals surface area contributed by atoms with Crippen LogP contribution in [-0.2, 0) is 11.2 Å². The van der Waals surface area contributed by atoms with Crippen molar-refractivity contribution < 1.29 is 4.79 Å². The largest absolute Gasteiger partial charge is 0.299 e. The molecule has 104 valence electrons. The van der Waals surface area contributed by atoms with Crippen molar-refractivity contribution in [2.45, 2.75) is 25.7 Å². The second-order valence-electron chi connectivity index (χ2n) is 4.75. The van der Waals surface area contributed by atoms with E-state index in [0.717, 1.165) is 17.5 Å². The van der Waals surface area contributed by atoms with Crippen molar-refractivity contribution in [1.29, 1.82) is 0 Å². The monoisotopic (exact) mass is 306 g/mol. The van der Waals surface area contributed by atoms with Crippen molar-refractivity contribution in [3.8, 4) is 0 Å². The van der Waals surface area contributed by atoms with Gasteiger partial charge in [0.1, 0.15) is 5.78 Å². The molecule has 0 bridgehead atoms. The summed E-state index contributed by atoms with van der Waals surface area (Å²) in [4.78, 5) is 12.5. The number of benzene rings is 2. The number of halogens is 2. The fraction of sp³-hybridized carbons (Fsp3) is 0.235. The molecule has 0 saturated carbocycles. The third-order valence-corrected chi connectivity index (χ3v) is 3.98. The molecular weight excluding hydrogens is 291 g/mol. The van der Waals surface area contributed by atoms with Gasteiger partial charge in [-0.2, -0.15) is 0 Å². The van der Waals surface area contributed by atoms with Gasteiger partial charge in [0.15, 0.2) is 0 Å². The molecule has 1 atom stereocenters. The van der Waals surface area contributed by atoms with E-state index in [1.165, 1.54) is 0 Å². The molecule has 1 unspecified atom stereocenters. The highest BCUT2D eigenvalue weighted by atomic mass is 35.5. The molecule has 0 radical (unpaired) electrons. The number of ketones is 1. The Hall–Kier alpha value is -1.31. The number of rotatable bonds is 5. The third-order valence-electron chi connectivity index (χ3n) is 3.37. The maximum absolute atomic E-state index is 12.5. The fourth-order valence-electron chi connectivity index (χ4n) is 2.32. The van der Waals surface area contributed by atoms with E-state index in [-0.39, 0.29) is 11.7 Å². The lowest BCUT2D eigenvalue weighted by atomic mass is 9.89. The van der Waals surface area contributed by atoms with Gasteiger partial charge in [-0.25, -0.2) is 0 Å². The topological polar surface area (TPSA) is 17.1 Å². The summed E-state index contributed by atoms with van der Waals surface area (Å²) in [5, 5.41) is 1.19. The van der Waals surface area contributed by atoms with Gasteiger partial charge in [0.25, 0.3) is 0 Å². The highest BCUT2D eigenvalue weighted by Gasteiger charge is 2.19. The van der Waals surface area contributed by atoms with Crippen molar-refractivity contribution in [3.05, 3.63) is 69.7 Å². The summed E-state index contributed by atoms with van der Waals surface area (Å²) in [6.07, 6.45) is 1.09. The van der Waals surface area contributed by atoms with Gasteiger partial charge in [0, 0.05) is 22.4 Å². The van der Waals surface area contributed by atoms with E-state index in [1.54, 1.807) is 18.2 Å². The highest BCUT2D eigenvalue weighted by molar-refractivity contribution is 6.33. The molecule has 0 heterocycles. The van der Waals surface area contributed by atoms with Crippen LogP contribution in [0.3, 0.4) is 0 Å². The Labute approximate surface area is 129 Å². The Balaban J connectivity index is 2.20. The lowest BCUT2D eigenvalue weighted by Gasteiger charge is -2.14. The quantitative estimate of drug-likeness (QED) is 0.732. The van der Waals surface area contributed by atoms with Gasteiger partial charge in [0.2, 0.25) is 0 Å². The minimum atomic E-state index is -0.0914. The minimum absolute atomic E-state index is 0.0914. The number of hydrogen-bond acceptors (Lipinski definition) is 1. The molecule has 0 spiro atoms. The van der Waals surface area contributed by atoms with Gasteiger partial charge >= 0.3 is 0 Å². The number of carbonyl (C=O) groups is 1. The summed E-state index contributed by atoms with van der Waals surface area (Å²) >= 11 is 12.1. The standard InChI is InChI=1S/C17H16Cl2O/c1-2-15(12-6-4-3-5-7-12)17(20)11-13-10-14(18)8-9-16(13)19/h3-10,15H,2,11H2,1H3. The Kier molecular flexibility index (Phi) is 5.22. The SMILES string of the molecule is CCC(C(=O)Cc1cc(Cl)ccc1Cl)c1ccccc1. The van der Waals surface area contributed by atoms with E-state index in [0.29, 0.717) is 16.5 Å². The van der Waals surface area contributed by atoms with Crippen molar-refractivity contribution >= 4 is 29.0 Å². The lowest BCUT2D eigenvalue weighted by molar-refractivity contribution is -0.119. The smallest absolute Gasteiger partial charge is 0.144 e. The predicted molar refractivity (Wildman–Crippen MR) is 84.6 cm³/mol. The first-order valence-corrected chi connectivity index (χ1v) is 7.39. The van der Waals surface area contributed by atoms with Crippen LogP contribution in [0.25, 0.3) is 0 Å². The molecule has 2 aromatic rings. The molecule has 3 heteroatoms. The van der Waals surface area contributed by atoms with Gasteiger partial charge < -0.3 is 0 Å². The second-order valence-corrected chi connectivity index (χ2v) is 5.59.